The number of aryl methyl sites for hydroxylation is 1. The number of aromatic nitrogens is 2. The van der Waals surface area contributed by atoms with E-state index in [0.717, 1.165) is 22.4 Å². The monoisotopic (exact) mass is 362 g/mol. The molecule has 0 saturated carbocycles. The summed E-state index contributed by atoms with van der Waals surface area (Å²) < 4.78 is 1.95. The van der Waals surface area contributed by atoms with E-state index >= 15 is 0 Å². The molecule has 0 bridgehead atoms. The molecule has 3 rings (SSSR count). The number of benzene rings is 2. The van der Waals surface area contributed by atoms with E-state index < -0.39 is 6.04 Å². The second-order valence-electron chi connectivity index (χ2n) is 6.27. The van der Waals surface area contributed by atoms with Crippen LogP contribution in [0.4, 0.5) is 0 Å². The maximum Gasteiger partial charge on any atom is 0.244 e. The molecule has 0 radical (unpaired) electrons. The van der Waals surface area contributed by atoms with Crippen molar-refractivity contribution >= 4 is 28.9 Å². The molecular formula is C21H22N4O2. The fraction of sp³-hybridized carbons (Fsp3) is 0.190. The highest BCUT2D eigenvalue weighted by atomic mass is 16.2. The number of nitrogens with one attached hydrogen (secondary N) is 2. The summed E-state index contributed by atoms with van der Waals surface area (Å²) in [5.41, 5.74) is 2.82. The van der Waals surface area contributed by atoms with Gasteiger partial charge < -0.3 is 15.2 Å². The summed E-state index contributed by atoms with van der Waals surface area (Å²) in [6, 6.07) is 16.7. The van der Waals surface area contributed by atoms with Crippen LogP contribution in [0, 0.1) is 0 Å². The van der Waals surface area contributed by atoms with Crippen molar-refractivity contribution < 1.29 is 9.59 Å². The predicted octanol–water partition coefficient (Wildman–Crippen LogP) is 2.41. The first-order chi connectivity index (χ1) is 13.0. The number of rotatable bonds is 6. The summed E-state index contributed by atoms with van der Waals surface area (Å²) in [6.07, 6.45) is 3.13. The number of fused-ring (bicyclic) bond motifs is 1. The summed E-state index contributed by atoms with van der Waals surface area (Å²) in [4.78, 5) is 28.8. The highest BCUT2D eigenvalue weighted by molar-refractivity contribution is 5.95. The highest BCUT2D eigenvalue weighted by Crippen LogP contribution is 2.13. The van der Waals surface area contributed by atoms with Gasteiger partial charge >= 0.3 is 0 Å². The lowest BCUT2D eigenvalue weighted by molar-refractivity contribution is -0.126. The van der Waals surface area contributed by atoms with Crippen molar-refractivity contribution in [2.24, 2.45) is 7.05 Å². The zero-order valence-corrected chi connectivity index (χ0v) is 15.3. The molecule has 2 amide bonds. The van der Waals surface area contributed by atoms with E-state index in [2.05, 4.69) is 15.6 Å². The van der Waals surface area contributed by atoms with Crippen molar-refractivity contribution in [2.45, 2.75) is 19.5 Å². The van der Waals surface area contributed by atoms with Gasteiger partial charge in [0.1, 0.15) is 11.9 Å². The minimum absolute atomic E-state index is 0.261. The smallest absolute Gasteiger partial charge is 0.244 e. The molecule has 6 heteroatoms. The first-order valence-corrected chi connectivity index (χ1v) is 8.76. The number of para-hydroxylation sites is 2. The zero-order chi connectivity index (χ0) is 19.2. The van der Waals surface area contributed by atoms with Gasteiger partial charge in [-0.05, 0) is 30.7 Å². The average molecular weight is 362 g/mol. The Balaban J connectivity index is 1.53. The molecule has 2 N–H and O–H groups in total. The molecule has 0 spiro atoms. The summed E-state index contributed by atoms with van der Waals surface area (Å²) in [6.45, 7) is 1.95. The van der Waals surface area contributed by atoms with Gasteiger partial charge in [-0.25, -0.2) is 4.98 Å². The van der Waals surface area contributed by atoms with Crippen LogP contribution in [0.15, 0.2) is 60.7 Å². The Morgan fingerprint density at radius 3 is 2.56 bits per heavy atom. The average Bonchev–Trinajstić information content (AvgIpc) is 3.01. The molecule has 27 heavy (non-hydrogen) atoms. The number of hydrogen-bond acceptors (Lipinski definition) is 3. The van der Waals surface area contributed by atoms with Crippen LogP contribution in [-0.4, -0.2) is 27.4 Å². The van der Waals surface area contributed by atoms with Crippen LogP contribution in [0.2, 0.25) is 0 Å². The molecule has 0 fully saturated rings. The maximum atomic E-state index is 12.3. The lowest BCUT2D eigenvalue weighted by Gasteiger charge is -2.13. The van der Waals surface area contributed by atoms with E-state index in [1.165, 1.54) is 6.08 Å². The Morgan fingerprint density at radius 1 is 1.11 bits per heavy atom. The van der Waals surface area contributed by atoms with Gasteiger partial charge in [0.25, 0.3) is 0 Å². The Labute approximate surface area is 157 Å². The van der Waals surface area contributed by atoms with E-state index in [4.69, 9.17) is 0 Å². The number of hydrogen-bond donors (Lipinski definition) is 2. The lowest BCUT2D eigenvalue weighted by Crippen LogP contribution is -2.44. The number of carbonyl (C=O) groups excluding carboxylic acids is 2. The van der Waals surface area contributed by atoms with Crippen molar-refractivity contribution in [3.05, 3.63) is 72.1 Å². The highest BCUT2D eigenvalue weighted by Gasteiger charge is 2.15. The molecule has 3 aromatic rings. The predicted molar refractivity (Wildman–Crippen MR) is 106 cm³/mol. The molecule has 0 aliphatic heterocycles. The minimum Gasteiger partial charge on any atom is -0.347 e. The zero-order valence-electron chi connectivity index (χ0n) is 15.3. The third kappa shape index (κ3) is 4.61. The van der Waals surface area contributed by atoms with Gasteiger partial charge in [-0.3, -0.25) is 9.59 Å². The van der Waals surface area contributed by atoms with Crippen LogP contribution < -0.4 is 10.6 Å². The van der Waals surface area contributed by atoms with Crippen LogP contribution in [0.5, 0.6) is 0 Å². The number of imidazole rings is 1. The van der Waals surface area contributed by atoms with Gasteiger partial charge in [0.15, 0.2) is 0 Å². The molecule has 138 valence electrons. The summed E-state index contributed by atoms with van der Waals surface area (Å²) >= 11 is 0. The van der Waals surface area contributed by atoms with Crippen molar-refractivity contribution in [1.82, 2.24) is 20.2 Å². The van der Waals surface area contributed by atoms with Crippen LogP contribution in [0.1, 0.15) is 18.3 Å². The Morgan fingerprint density at radius 2 is 1.81 bits per heavy atom. The van der Waals surface area contributed by atoms with Gasteiger partial charge in [0.2, 0.25) is 11.8 Å². The van der Waals surface area contributed by atoms with Crippen molar-refractivity contribution in [1.29, 1.82) is 0 Å². The van der Waals surface area contributed by atoms with Crippen molar-refractivity contribution in [2.75, 3.05) is 0 Å². The molecular weight excluding hydrogens is 340 g/mol. The Hall–Kier alpha value is -3.41. The largest absolute Gasteiger partial charge is 0.347 e. The van der Waals surface area contributed by atoms with Gasteiger partial charge in [0.05, 0.1) is 17.6 Å². The van der Waals surface area contributed by atoms with Crippen molar-refractivity contribution in [3.63, 3.8) is 0 Å². The third-order valence-electron chi connectivity index (χ3n) is 4.28. The van der Waals surface area contributed by atoms with Crippen molar-refractivity contribution in [3.8, 4) is 0 Å². The van der Waals surface area contributed by atoms with Gasteiger partial charge in [0, 0.05) is 13.1 Å². The minimum atomic E-state index is -0.646. The SMILES string of the molecule is CC(NC(=O)/C=C/c1ccccc1)C(=O)NCc1nc2ccccc2n1C. The fourth-order valence-corrected chi connectivity index (χ4v) is 2.74. The van der Waals surface area contributed by atoms with E-state index in [9.17, 15) is 9.59 Å². The second kappa shape index (κ2) is 8.31. The second-order valence-corrected chi connectivity index (χ2v) is 6.27. The molecule has 1 heterocycles. The number of amides is 2. The number of nitrogens with zero attached hydrogens (tertiary/aromatic N) is 2. The topological polar surface area (TPSA) is 76.0 Å². The van der Waals surface area contributed by atoms with Crippen LogP contribution in [0.3, 0.4) is 0 Å². The quantitative estimate of drug-likeness (QED) is 0.661. The number of carbonyl (C=O) groups is 2. The normalized spacial score (nSPS) is 12.2. The molecule has 0 saturated heterocycles. The van der Waals surface area contributed by atoms with Gasteiger partial charge in [-0.1, -0.05) is 42.5 Å². The molecule has 2 aromatic carbocycles. The lowest BCUT2D eigenvalue weighted by atomic mass is 10.2. The molecule has 1 atom stereocenters. The van der Waals surface area contributed by atoms with E-state index in [1.54, 1.807) is 13.0 Å². The molecule has 0 aliphatic carbocycles. The molecule has 1 aromatic heterocycles. The summed E-state index contributed by atoms with van der Waals surface area (Å²) in [7, 11) is 1.91. The third-order valence-corrected chi connectivity index (χ3v) is 4.28. The van der Waals surface area contributed by atoms with E-state index in [1.807, 2.05) is 66.2 Å². The summed E-state index contributed by atoms with van der Waals surface area (Å²) in [5.74, 6) is 0.180. The van der Waals surface area contributed by atoms with E-state index in [0.29, 0.717) is 6.54 Å². The van der Waals surface area contributed by atoms with Crippen LogP contribution >= 0.6 is 0 Å². The Bertz CT molecular complexity index is 976. The molecule has 0 aliphatic rings. The first kappa shape index (κ1) is 18.4. The Kier molecular flexibility index (Phi) is 5.66. The van der Waals surface area contributed by atoms with Crippen LogP contribution in [0.25, 0.3) is 17.1 Å². The van der Waals surface area contributed by atoms with Crippen LogP contribution in [-0.2, 0) is 23.2 Å². The van der Waals surface area contributed by atoms with E-state index in [-0.39, 0.29) is 11.8 Å². The molecule has 1 unspecified atom stereocenters. The molecule has 6 nitrogen and oxygen atoms in total. The standard InChI is InChI=1S/C21H22N4O2/c1-15(23-20(26)13-12-16-8-4-3-5-9-16)21(27)22-14-19-24-17-10-6-7-11-18(17)25(19)2/h3-13,15H,14H2,1-2H3,(H,22,27)(H,23,26)/b13-12+. The fourth-order valence-electron chi connectivity index (χ4n) is 2.74. The maximum absolute atomic E-state index is 12.3. The van der Waals surface area contributed by atoms with Gasteiger partial charge in [-0.2, -0.15) is 0 Å². The first-order valence-electron chi connectivity index (χ1n) is 8.76. The summed E-state index contributed by atoms with van der Waals surface area (Å²) in [5, 5.41) is 5.48. The van der Waals surface area contributed by atoms with Gasteiger partial charge in [-0.15, -0.1) is 0 Å².